The Kier molecular flexibility index (Phi) is 3.42. The van der Waals surface area contributed by atoms with E-state index in [0.29, 0.717) is 11.6 Å². The number of carbonyl (C=O) groups excluding carboxylic acids is 1. The first-order valence-corrected chi connectivity index (χ1v) is 7.02. The fourth-order valence-electron chi connectivity index (χ4n) is 2.63. The normalized spacial score (nSPS) is 19.2. The van der Waals surface area contributed by atoms with E-state index in [9.17, 15) is 4.79 Å². The number of benzene rings is 1. The van der Waals surface area contributed by atoms with Crippen molar-refractivity contribution in [2.24, 2.45) is 0 Å². The van der Waals surface area contributed by atoms with E-state index in [1.54, 1.807) is 0 Å². The van der Waals surface area contributed by atoms with E-state index in [1.165, 1.54) is 0 Å². The minimum atomic E-state index is 0.0854. The van der Waals surface area contributed by atoms with E-state index < -0.39 is 0 Å². The Morgan fingerprint density at radius 3 is 3.16 bits per heavy atom. The first-order valence-electron chi connectivity index (χ1n) is 6.48. The molecule has 2 aromatic rings. The number of nitrogens with zero attached hydrogens (tertiary/aromatic N) is 2. The lowest BCUT2D eigenvalue weighted by atomic mass is 10.1. The second-order valence-electron chi connectivity index (χ2n) is 4.84. The average molecular weight is 279 g/mol. The van der Waals surface area contributed by atoms with Crippen LogP contribution >= 0.6 is 11.6 Å². The molecule has 0 radical (unpaired) electrons. The summed E-state index contributed by atoms with van der Waals surface area (Å²) in [5, 5.41) is 4.92. The van der Waals surface area contributed by atoms with E-state index in [-0.39, 0.29) is 18.4 Å². The molecule has 1 amide bonds. The number of para-hydroxylation sites is 1. The molecule has 2 heterocycles. The van der Waals surface area contributed by atoms with Gasteiger partial charge in [0.1, 0.15) is 5.69 Å². The Morgan fingerprint density at radius 2 is 2.32 bits per heavy atom. The number of fused-ring (bicyclic) bond motifs is 1. The van der Waals surface area contributed by atoms with Crippen LogP contribution in [0.25, 0.3) is 11.0 Å². The van der Waals surface area contributed by atoms with E-state index in [4.69, 9.17) is 16.1 Å². The Labute approximate surface area is 116 Å². The van der Waals surface area contributed by atoms with Gasteiger partial charge in [-0.25, -0.2) is 0 Å². The maximum Gasteiger partial charge on any atom is 0.229 e. The van der Waals surface area contributed by atoms with Crippen molar-refractivity contribution >= 4 is 28.5 Å². The van der Waals surface area contributed by atoms with Crippen LogP contribution in [0.2, 0.25) is 0 Å². The predicted molar refractivity (Wildman–Crippen MR) is 73.2 cm³/mol. The molecule has 1 aromatic carbocycles. The van der Waals surface area contributed by atoms with E-state index in [0.717, 1.165) is 30.4 Å². The third-order valence-electron chi connectivity index (χ3n) is 3.65. The summed E-state index contributed by atoms with van der Waals surface area (Å²) in [6.07, 6.45) is 2.31. The van der Waals surface area contributed by atoms with Gasteiger partial charge in [0.25, 0.3) is 0 Å². The molecule has 1 aliphatic heterocycles. The maximum absolute atomic E-state index is 12.3. The molecular weight excluding hydrogens is 264 g/mol. The molecule has 100 valence electrons. The molecule has 1 saturated heterocycles. The van der Waals surface area contributed by atoms with Crippen molar-refractivity contribution in [3.63, 3.8) is 0 Å². The van der Waals surface area contributed by atoms with Crippen molar-refractivity contribution in [2.75, 3.05) is 12.4 Å². The van der Waals surface area contributed by atoms with Crippen LogP contribution in [-0.4, -0.2) is 34.4 Å². The Balaban J connectivity index is 1.79. The number of hydrogen-bond acceptors (Lipinski definition) is 3. The van der Waals surface area contributed by atoms with Crippen LogP contribution in [0.15, 0.2) is 28.8 Å². The molecule has 0 aliphatic carbocycles. The first kappa shape index (κ1) is 12.5. The van der Waals surface area contributed by atoms with Gasteiger partial charge >= 0.3 is 0 Å². The summed E-state index contributed by atoms with van der Waals surface area (Å²) in [5.41, 5.74) is 1.43. The molecule has 3 rings (SSSR count). The van der Waals surface area contributed by atoms with Crippen LogP contribution < -0.4 is 0 Å². The summed E-state index contributed by atoms with van der Waals surface area (Å²) in [5.74, 6) is 0.591. The monoisotopic (exact) mass is 278 g/mol. The van der Waals surface area contributed by atoms with Gasteiger partial charge in [-0.3, -0.25) is 4.79 Å². The highest BCUT2D eigenvalue weighted by Crippen LogP contribution is 2.22. The fraction of sp³-hybridized carbons (Fsp3) is 0.429. The van der Waals surface area contributed by atoms with Crippen molar-refractivity contribution in [3.05, 3.63) is 30.0 Å². The van der Waals surface area contributed by atoms with Gasteiger partial charge in [-0.15, -0.1) is 11.6 Å². The Hall–Kier alpha value is -1.55. The van der Waals surface area contributed by atoms with E-state index >= 15 is 0 Å². The molecule has 1 aromatic heterocycles. The predicted octanol–water partition coefficient (Wildman–Crippen LogP) is 2.60. The molecule has 0 bridgehead atoms. The number of carbonyl (C=O) groups is 1. The largest absolute Gasteiger partial charge is 0.356 e. The van der Waals surface area contributed by atoms with Crippen LogP contribution in [-0.2, 0) is 11.2 Å². The second kappa shape index (κ2) is 5.21. The van der Waals surface area contributed by atoms with Crippen LogP contribution in [0.3, 0.4) is 0 Å². The van der Waals surface area contributed by atoms with Crippen molar-refractivity contribution in [1.82, 2.24) is 10.1 Å². The minimum Gasteiger partial charge on any atom is -0.356 e. The smallest absolute Gasteiger partial charge is 0.229 e. The van der Waals surface area contributed by atoms with Gasteiger partial charge in [-0.2, -0.15) is 0 Å². The highest BCUT2D eigenvalue weighted by atomic mass is 35.5. The number of amides is 1. The van der Waals surface area contributed by atoms with Gasteiger partial charge in [0.2, 0.25) is 5.91 Å². The molecule has 1 atom stereocenters. The standard InChI is InChI=1S/C14H15ClN2O2/c15-9-10-4-3-7-17(10)14(18)8-12-11-5-1-2-6-13(11)19-16-12/h1-2,5-6,10H,3-4,7-9H2. The minimum absolute atomic E-state index is 0.0854. The first-order chi connectivity index (χ1) is 9.29. The van der Waals surface area contributed by atoms with Crippen LogP contribution in [0.1, 0.15) is 18.5 Å². The van der Waals surface area contributed by atoms with Crippen LogP contribution in [0.5, 0.6) is 0 Å². The second-order valence-corrected chi connectivity index (χ2v) is 5.15. The van der Waals surface area contributed by atoms with Gasteiger partial charge in [0.05, 0.1) is 6.42 Å². The Bertz CT molecular complexity index is 596. The molecule has 1 unspecified atom stereocenters. The lowest BCUT2D eigenvalue weighted by Crippen LogP contribution is -2.37. The van der Waals surface area contributed by atoms with Gasteiger partial charge < -0.3 is 9.42 Å². The topological polar surface area (TPSA) is 46.3 Å². The summed E-state index contributed by atoms with van der Waals surface area (Å²) < 4.78 is 5.22. The summed E-state index contributed by atoms with van der Waals surface area (Å²) in [7, 11) is 0. The quantitative estimate of drug-likeness (QED) is 0.811. The number of hydrogen-bond donors (Lipinski definition) is 0. The molecule has 0 saturated carbocycles. The number of alkyl halides is 1. The van der Waals surface area contributed by atoms with Gasteiger partial charge in [0.15, 0.2) is 5.58 Å². The third-order valence-corrected chi connectivity index (χ3v) is 4.00. The lowest BCUT2D eigenvalue weighted by Gasteiger charge is -2.22. The number of rotatable bonds is 3. The zero-order chi connectivity index (χ0) is 13.2. The molecule has 19 heavy (non-hydrogen) atoms. The van der Waals surface area contributed by atoms with Gasteiger partial charge in [0, 0.05) is 23.9 Å². The molecule has 0 N–H and O–H groups in total. The lowest BCUT2D eigenvalue weighted by molar-refractivity contribution is -0.131. The highest BCUT2D eigenvalue weighted by molar-refractivity contribution is 6.18. The molecule has 4 nitrogen and oxygen atoms in total. The summed E-state index contributed by atoms with van der Waals surface area (Å²) in [4.78, 5) is 14.2. The summed E-state index contributed by atoms with van der Waals surface area (Å²) in [6.45, 7) is 0.798. The highest BCUT2D eigenvalue weighted by Gasteiger charge is 2.28. The van der Waals surface area contributed by atoms with Gasteiger partial charge in [-0.05, 0) is 25.0 Å². The van der Waals surface area contributed by atoms with Crippen molar-refractivity contribution in [2.45, 2.75) is 25.3 Å². The molecule has 0 spiro atoms. The fourth-order valence-corrected chi connectivity index (χ4v) is 2.96. The summed E-state index contributed by atoms with van der Waals surface area (Å²) >= 11 is 5.90. The van der Waals surface area contributed by atoms with Gasteiger partial charge in [-0.1, -0.05) is 17.3 Å². The molecule has 1 fully saturated rings. The van der Waals surface area contributed by atoms with Crippen molar-refractivity contribution in [3.8, 4) is 0 Å². The zero-order valence-electron chi connectivity index (χ0n) is 10.5. The van der Waals surface area contributed by atoms with Crippen LogP contribution in [0.4, 0.5) is 0 Å². The maximum atomic E-state index is 12.3. The number of likely N-dealkylation sites (tertiary alicyclic amines) is 1. The molecule has 1 aliphatic rings. The van der Waals surface area contributed by atoms with E-state index in [1.807, 2.05) is 29.2 Å². The third kappa shape index (κ3) is 2.32. The SMILES string of the molecule is O=C(Cc1noc2ccccc12)N1CCCC1CCl. The summed E-state index contributed by atoms with van der Waals surface area (Å²) in [6, 6.07) is 7.77. The molecule has 5 heteroatoms. The average Bonchev–Trinajstić information content (AvgIpc) is 3.05. The molecular formula is C14H15ClN2O2. The number of aromatic nitrogens is 1. The van der Waals surface area contributed by atoms with E-state index in [2.05, 4.69) is 5.16 Å². The van der Waals surface area contributed by atoms with Crippen molar-refractivity contribution < 1.29 is 9.32 Å². The van der Waals surface area contributed by atoms with Crippen LogP contribution in [0, 0.1) is 0 Å². The Morgan fingerprint density at radius 1 is 1.47 bits per heavy atom. The van der Waals surface area contributed by atoms with Crippen molar-refractivity contribution in [1.29, 1.82) is 0 Å². The zero-order valence-corrected chi connectivity index (χ0v) is 11.3. The number of halogens is 1.